The van der Waals surface area contributed by atoms with Crippen LogP contribution < -0.4 is 4.74 Å². The van der Waals surface area contributed by atoms with Crippen molar-refractivity contribution in [1.29, 1.82) is 0 Å². The van der Waals surface area contributed by atoms with Gasteiger partial charge in [-0.3, -0.25) is 0 Å². The molecule has 2 rings (SSSR count). The lowest BCUT2D eigenvalue weighted by atomic mass is 10.1. The van der Waals surface area contributed by atoms with E-state index in [4.69, 9.17) is 9.47 Å². The van der Waals surface area contributed by atoms with Crippen molar-refractivity contribution >= 4 is 11.9 Å². The van der Waals surface area contributed by atoms with Crippen molar-refractivity contribution in [3.8, 4) is 5.75 Å². The molecular weight excluding hydrogens is 388 g/mol. The Hall–Kier alpha value is -2.62. The Morgan fingerprint density at radius 3 is 1.90 bits per heavy atom. The highest BCUT2D eigenvalue weighted by molar-refractivity contribution is 6.03. The van der Waals surface area contributed by atoms with Crippen LogP contribution in [0.3, 0.4) is 0 Å². The Morgan fingerprint density at radius 1 is 0.710 bits per heavy atom. The van der Waals surface area contributed by atoms with Crippen LogP contribution in [-0.4, -0.2) is 18.5 Å². The second-order valence-corrected chi connectivity index (χ2v) is 8.07. The van der Waals surface area contributed by atoms with Crippen LogP contribution in [-0.2, 0) is 4.74 Å². The minimum absolute atomic E-state index is 0.220. The molecule has 0 aliphatic rings. The van der Waals surface area contributed by atoms with Gasteiger partial charge in [-0.25, -0.2) is 9.59 Å². The first-order valence-corrected chi connectivity index (χ1v) is 11.7. The summed E-state index contributed by atoms with van der Waals surface area (Å²) >= 11 is 0. The smallest absolute Gasteiger partial charge is 0.344 e. The molecule has 0 fully saturated rings. The Bertz CT molecular complexity index is 812. The van der Waals surface area contributed by atoms with E-state index in [9.17, 15) is 9.59 Å². The third-order valence-electron chi connectivity index (χ3n) is 5.30. The third-order valence-corrected chi connectivity index (χ3v) is 5.30. The molecule has 2 aromatic rings. The van der Waals surface area contributed by atoms with Crippen molar-refractivity contribution in [2.24, 2.45) is 0 Å². The summed E-state index contributed by atoms with van der Waals surface area (Å²) < 4.78 is 10.9. The van der Waals surface area contributed by atoms with Gasteiger partial charge in [-0.2, -0.15) is 0 Å². The first-order chi connectivity index (χ1) is 15.1. The van der Waals surface area contributed by atoms with Crippen LogP contribution in [0.2, 0.25) is 0 Å². The minimum Gasteiger partial charge on any atom is -0.462 e. The normalized spacial score (nSPS) is 10.6. The number of carbonyl (C=O) groups excluding carboxylic acids is 2. The summed E-state index contributed by atoms with van der Waals surface area (Å²) in [7, 11) is 0. The molecule has 0 radical (unpaired) electrons. The van der Waals surface area contributed by atoms with E-state index in [1.54, 1.807) is 36.4 Å². The number of hydrogen-bond acceptors (Lipinski definition) is 4. The molecule has 31 heavy (non-hydrogen) atoms. The predicted molar refractivity (Wildman–Crippen MR) is 125 cm³/mol. The summed E-state index contributed by atoms with van der Waals surface area (Å²) in [5.41, 5.74) is 1.46. The fraction of sp³-hybridized carbons (Fsp3) is 0.481. The number of unbranched alkanes of at least 4 members (excludes halogenated alkanes) is 9. The van der Waals surface area contributed by atoms with Gasteiger partial charge in [-0.05, 0) is 43.2 Å². The molecule has 0 unspecified atom stereocenters. The van der Waals surface area contributed by atoms with Crippen molar-refractivity contribution in [1.82, 2.24) is 0 Å². The van der Waals surface area contributed by atoms with Gasteiger partial charge in [-0.1, -0.05) is 89.0 Å². The number of carbonyl (C=O) groups is 2. The monoisotopic (exact) mass is 424 g/mol. The van der Waals surface area contributed by atoms with Crippen LogP contribution in [0.5, 0.6) is 5.75 Å². The van der Waals surface area contributed by atoms with E-state index in [-0.39, 0.29) is 11.1 Å². The molecule has 0 aliphatic carbocycles. The number of aryl methyl sites for hydroxylation is 1. The summed E-state index contributed by atoms with van der Waals surface area (Å²) in [5.74, 6) is -0.580. The maximum absolute atomic E-state index is 12.6. The lowest BCUT2D eigenvalue weighted by Gasteiger charge is -2.10. The zero-order valence-corrected chi connectivity index (χ0v) is 19.0. The summed E-state index contributed by atoms with van der Waals surface area (Å²) in [6.45, 7) is 4.54. The highest BCUT2D eigenvalue weighted by atomic mass is 16.5. The lowest BCUT2D eigenvalue weighted by Crippen LogP contribution is -2.16. The molecule has 0 N–H and O–H groups in total. The molecule has 0 bridgehead atoms. The maximum Gasteiger partial charge on any atom is 0.344 e. The molecule has 0 aromatic heterocycles. The Labute approximate surface area is 187 Å². The van der Waals surface area contributed by atoms with Crippen LogP contribution in [0.4, 0.5) is 0 Å². The zero-order valence-electron chi connectivity index (χ0n) is 19.0. The van der Waals surface area contributed by atoms with Crippen molar-refractivity contribution in [2.45, 2.75) is 78.1 Å². The Morgan fingerprint density at radius 2 is 1.29 bits per heavy atom. The van der Waals surface area contributed by atoms with Gasteiger partial charge in [0, 0.05) is 0 Å². The van der Waals surface area contributed by atoms with Gasteiger partial charge < -0.3 is 9.47 Å². The Balaban J connectivity index is 1.72. The second-order valence-electron chi connectivity index (χ2n) is 8.07. The van der Waals surface area contributed by atoms with Crippen molar-refractivity contribution in [3.05, 3.63) is 65.2 Å². The molecule has 168 valence electrons. The van der Waals surface area contributed by atoms with E-state index in [0.717, 1.165) is 18.4 Å². The second kappa shape index (κ2) is 14.4. The van der Waals surface area contributed by atoms with Gasteiger partial charge >= 0.3 is 11.9 Å². The molecule has 0 atom stereocenters. The number of ether oxygens (including phenoxy) is 2. The van der Waals surface area contributed by atoms with Crippen LogP contribution in [0.15, 0.2) is 48.5 Å². The summed E-state index contributed by atoms with van der Waals surface area (Å²) in [6.07, 6.45) is 12.3. The predicted octanol–water partition coefficient (Wildman–Crippen LogP) is 7.29. The first-order valence-electron chi connectivity index (χ1n) is 11.7. The molecule has 2 aromatic carbocycles. The van der Waals surface area contributed by atoms with E-state index in [2.05, 4.69) is 6.92 Å². The molecule has 0 saturated heterocycles. The van der Waals surface area contributed by atoms with Crippen LogP contribution in [0, 0.1) is 6.92 Å². The number of benzene rings is 2. The average molecular weight is 425 g/mol. The van der Waals surface area contributed by atoms with Gasteiger partial charge in [-0.15, -0.1) is 0 Å². The van der Waals surface area contributed by atoms with Crippen molar-refractivity contribution in [3.63, 3.8) is 0 Å². The minimum atomic E-state index is -0.558. The molecule has 0 amide bonds. The van der Waals surface area contributed by atoms with Crippen LogP contribution >= 0.6 is 0 Å². The summed E-state index contributed by atoms with van der Waals surface area (Å²) in [5, 5.41) is 0. The van der Waals surface area contributed by atoms with Gasteiger partial charge in [0.1, 0.15) is 5.75 Å². The van der Waals surface area contributed by atoms with E-state index < -0.39 is 11.9 Å². The van der Waals surface area contributed by atoms with E-state index >= 15 is 0 Å². The zero-order chi connectivity index (χ0) is 22.3. The van der Waals surface area contributed by atoms with E-state index in [1.165, 1.54) is 51.4 Å². The summed E-state index contributed by atoms with van der Waals surface area (Å²) in [4.78, 5) is 25.1. The van der Waals surface area contributed by atoms with Crippen LogP contribution in [0.25, 0.3) is 0 Å². The molecular formula is C27H36O4. The third kappa shape index (κ3) is 9.37. The highest BCUT2D eigenvalue weighted by Crippen LogP contribution is 2.18. The van der Waals surface area contributed by atoms with E-state index in [0.29, 0.717) is 12.4 Å². The van der Waals surface area contributed by atoms with Crippen LogP contribution in [0.1, 0.15) is 97.4 Å². The van der Waals surface area contributed by atoms with Gasteiger partial charge in [0.15, 0.2) is 0 Å². The largest absolute Gasteiger partial charge is 0.462 e. The molecule has 4 nitrogen and oxygen atoms in total. The Kier molecular flexibility index (Phi) is 11.4. The van der Waals surface area contributed by atoms with Gasteiger partial charge in [0.2, 0.25) is 0 Å². The fourth-order valence-electron chi connectivity index (χ4n) is 3.51. The molecule has 4 heteroatoms. The van der Waals surface area contributed by atoms with Crippen molar-refractivity contribution in [2.75, 3.05) is 6.61 Å². The first kappa shape index (κ1) is 24.6. The number of hydrogen-bond donors (Lipinski definition) is 0. The molecule has 0 heterocycles. The van der Waals surface area contributed by atoms with Crippen molar-refractivity contribution < 1.29 is 19.1 Å². The molecule has 0 aliphatic heterocycles. The maximum atomic E-state index is 12.6. The molecule has 0 saturated carbocycles. The summed E-state index contributed by atoms with van der Waals surface area (Å²) in [6, 6.07) is 13.9. The van der Waals surface area contributed by atoms with Gasteiger partial charge in [0.05, 0.1) is 17.7 Å². The topological polar surface area (TPSA) is 52.6 Å². The number of esters is 2. The number of rotatable bonds is 14. The standard InChI is InChI=1S/C27H36O4/c1-3-4-5-6-7-8-9-10-11-14-20-30-26(28)24-18-12-13-19-25(24)27(29)31-23-17-15-16-22(2)21-23/h12-13,15-19,21H,3-11,14,20H2,1-2H3. The quantitative estimate of drug-likeness (QED) is 0.181. The fourth-order valence-corrected chi connectivity index (χ4v) is 3.51. The SMILES string of the molecule is CCCCCCCCCCCCOC(=O)c1ccccc1C(=O)Oc1cccc(C)c1. The van der Waals surface area contributed by atoms with E-state index in [1.807, 2.05) is 19.1 Å². The average Bonchev–Trinajstić information content (AvgIpc) is 2.77. The lowest BCUT2D eigenvalue weighted by molar-refractivity contribution is 0.0489. The highest BCUT2D eigenvalue weighted by Gasteiger charge is 2.19. The van der Waals surface area contributed by atoms with Gasteiger partial charge in [0.25, 0.3) is 0 Å². The molecule has 0 spiro atoms.